The molecule has 2 saturated heterocycles. The van der Waals surface area contributed by atoms with E-state index in [0.29, 0.717) is 13.2 Å². The number of hydrogen-bond acceptors (Lipinski definition) is 4. The van der Waals surface area contributed by atoms with Crippen molar-refractivity contribution in [1.82, 2.24) is 10.2 Å². The first-order chi connectivity index (χ1) is 7.25. The van der Waals surface area contributed by atoms with Crippen molar-refractivity contribution in [2.75, 3.05) is 33.3 Å². The Kier molecular flexibility index (Phi) is 3.43. The van der Waals surface area contributed by atoms with E-state index < -0.39 is 0 Å². The maximum absolute atomic E-state index is 11.1. The van der Waals surface area contributed by atoms with Gasteiger partial charge in [-0.15, -0.1) is 0 Å². The third-order valence-electron chi connectivity index (χ3n) is 2.83. The van der Waals surface area contributed by atoms with Gasteiger partial charge in [-0.3, -0.25) is 0 Å². The number of ether oxygens (including phenoxy) is 2. The van der Waals surface area contributed by atoms with Crippen molar-refractivity contribution in [1.29, 1.82) is 0 Å². The van der Waals surface area contributed by atoms with Crippen molar-refractivity contribution in [3.05, 3.63) is 0 Å². The molecular weight excluding hydrogens is 196 g/mol. The molecule has 0 aromatic carbocycles. The van der Waals surface area contributed by atoms with Gasteiger partial charge in [0.05, 0.1) is 19.3 Å². The van der Waals surface area contributed by atoms with Crippen LogP contribution < -0.4 is 5.32 Å². The van der Waals surface area contributed by atoms with Crippen LogP contribution in [0.3, 0.4) is 0 Å². The van der Waals surface area contributed by atoms with Crippen LogP contribution in [0.4, 0.5) is 4.79 Å². The molecule has 0 spiro atoms. The van der Waals surface area contributed by atoms with Gasteiger partial charge in [-0.25, -0.2) is 4.79 Å². The summed E-state index contributed by atoms with van der Waals surface area (Å²) in [6.07, 6.45) is 2.21. The smallest absolute Gasteiger partial charge is 0.410 e. The summed E-state index contributed by atoms with van der Waals surface area (Å²) < 4.78 is 10.8. The van der Waals surface area contributed by atoms with Gasteiger partial charge in [-0.1, -0.05) is 0 Å². The van der Waals surface area contributed by atoms with Crippen LogP contribution in [0.1, 0.15) is 12.8 Å². The summed E-state index contributed by atoms with van der Waals surface area (Å²) >= 11 is 0. The minimum absolute atomic E-state index is 0.0931. The molecule has 0 saturated carbocycles. The number of likely N-dealkylation sites (N-methyl/N-ethyl adjacent to an activating group) is 1. The van der Waals surface area contributed by atoms with E-state index in [-0.39, 0.29) is 18.3 Å². The molecule has 2 unspecified atom stereocenters. The first-order valence-electron chi connectivity index (χ1n) is 5.50. The van der Waals surface area contributed by atoms with E-state index >= 15 is 0 Å². The second-order valence-electron chi connectivity index (χ2n) is 4.19. The van der Waals surface area contributed by atoms with E-state index in [1.807, 2.05) is 0 Å². The molecule has 2 heterocycles. The van der Waals surface area contributed by atoms with Gasteiger partial charge in [-0.05, 0) is 19.4 Å². The summed E-state index contributed by atoms with van der Waals surface area (Å²) in [6.45, 7) is 3.15. The number of carbonyl (C=O) groups excluding carboxylic acids is 1. The van der Waals surface area contributed by atoms with Crippen molar-refractivity contribution in [2.24, 2.45) is 0 Å². The zero-order valence-electron chi connectivity index (χ0n) is 9.07. The van der Waals surface area contributed by atoms with E-state index in [2.05, 4.69) is 5.32 Å². The predicted molar refractivity (Wildman–Crippen MR) is 54.7 cm³/mol. The first kappa shape index (κ1) is 10.7. The molecule has 15 heavy (non-hydrogen) atoms. The van der Waals surface area contributed by atoms with Gasteiger partial charge in [0.2, 0.25) is 0 Å². The van der Waals surface area contributed by atoms with E-state index in [0.717, 1.165) is 25.9 Å². The predicted octanol–water partition coefficient (Wildman–Crippen LogP) is 0.206. The van der Waals surface area contributed by atoms with Crippen LogP contribution in [0, 0.1) is 0 Å². The Morgan fingerprint density at radius 2 is 2.53 bits per heavy atom. The van der Waals surface area contributed by atoms with Crippen molar-refractivity contribution >= 4 is 6.09 Å². The van der Waals surface area contributed by atoms with Gasteiger partial charge >= 0.3 is 6.09 Å². The molecule has 86 valence electrons. The Morgan fingerprint density at radius 1 is 1.67 bits per heavy atom. The summed E-state index contributed by atoms with van der Waals surface area (Å²) in [5.41, 5.74) is 0. The van der Waals surface area contributed by atoms with Gasteiger partial charge in [0, 0.05) is 13.6 Å². The summed E-state index contributed by atoms with van der Waals surface area (Å²) in [7, 11) is 1.74. The van der Waals surface area contributed by atoms with Gasteiger partial charge < -0.3 is 19.7 Å². The molecule has 0 radical (unpaired) electrons. The molecule has 2 aliphatic heterocycles. The van der Waals surface area contributed by atoms with Crippen LogP contribution in [-0.4, -0.2) is 56.5 Å². The van der Waals surface area contributed by atoms with E-state index in [9.17, 15) is 4.79 Å². The Labute approximate surface area is 89.7 Å². The van der Waals surface area contributed by atoms with Gasteiger partial charge in [0.1, 0.15) is 6.10 Å². The minimum Gasteiger partial charge on any atom is -0.442 e. The van der Waals surface area contributed by atoms with E-state index in [1.165, 1.54) is 0 Å². The fourth-order valence-electron chi connectivity index (χ4n) is 1.94. The fourth-order valence-corrected chi connectivity index (χ4v) is 1.94. The van der Waals surface area contributed by atoms with Crippen LogP contribution in [0.25, 0.3) is 0 Å². The highest BCUT2D eigenvalue weighted by Gasteiger charge is 2.29. The molecule has 0 aromatic heterocycles. The Hall–Kier alpha value is -0.810. The Morgan fingerprint density at radius 3 is 3.13 bits per heavy atom. The van der Waals surface area contributed by atoms with Gasteiger partial charge in [0.25, 0.3) is 0 Å². The Balaban J connectivity index is 1.67. The molecule has 0 bridgehead atoms. The zero-order chi connectivity index (χ0) is 10.7. The summed E-state index contributed by atoms with van der Waals surface area (Å²) in [4.78, 5) is 12.6. The molecule has 1 amide bonds. The number of nitrogens with zero attached hydrogens (tertiary/aromatic N) is 1. The van der Waals surface area contributed by atoms with Crippen LogP contribution in [0.2, 0.25) is 0 Å². The maximum Gasteiger partial charge on any atom is 0.410 e. The summed E-state index contributed by atoms with van der Waals surface area (Å²) in [5, 5.41) is 3.28. The standard InChI is InChI=1S/C10H18N2O3/c1-12-6-9(15-10(12)13)7-14-8-3-2-4-11-5-8/h8-9,11H,2-7H2,1H3. The monoisotopic (exact) mass is 214 g/mol. The van der Waals surface area contributed by atoms with Crippen LogP contribution in [0.5, 0.6) is 0 Å². The second-order valence-corrected chi connectivity index (χ2v) is 4.19. The molecule has 5 heteroatoms. The van der Waals surface area contributed by atoms with Crippen molar-refractivity contribution in [3.8, 4) is 0 Å². The van der Waals surface area contributed by atoms with Crippen LogP contribution in [0.15, 0.2) is 0 Å². The topological polar surface area (TPSA) is 50.8 Å². The molecule has 2 atom stereocenters. The number of nitrogens with one attached hydrogen (secondary N) is 1. The molecule has 0 aliphatic carbocycles. The SMILES string of the molecule is CN1CC(COC2CCCNC2)OC1=O. The number of hydrogen-bond donors (Lipinski definition) is 1. The molecule has 5 nitrogen and oxygen atoms in total. The maximum atomic E-state index is 11.1. The van der Waals surface area contributed by atoms with Crippen molar-refractivity contribution in [2.45, 2.75) is 25.0 Å². The molecule has 1 N–H and O–H groups in total. The third kappa shape index (κ3) is 2.82. The molecule has 2 rings (SSSR count). The lowest BCUT2D eigenvalue weighted by Crippen LogP contribution is -2.37. The summed E-state index contributed by atoms with van der Waals surface area (Å²) in [5.74, 6) is 0. The fraction of sp³-hybridized carbons (Fsp3) is 0.900. The molecule has 2 aliphatic rings. The quantitative estimate of drug-likeness (QED) is 0.729. The molecular formula is C10H18N2O3. The number of rotatable bonds is 3. The minimum atomic E-state index is -0.245. The van der Waals surface area contributed by atoms with Gasteiger partial charge in [-0.2, -0.15) is 0 Å². The zero-order valence-corrected chi connectivity index (χ0v) is 9.07. The number of amides is 1. The average molecular weight is 214 g/mol. The number of piperidine rings is 1. The lowest BCUT2D eigenvalue weighted by atomic mass is 10.1. The van der Waals surface area contributed by atoms with Crippen LogP contribution >= 0.6 is 0 Å². The summed E-state index contributed by atoms with van der Waals surface area (Å²) in [6, 6.07) is 0. The molecule has 2 fully saturated rings. The van der Waals surface area contributed by atoms with Crippen molar-refractivity contribution < 1.29 is 14.3 Å². The normalized spacial score (nSPS) is 31.8. The van der Waals surface area contributed by atoms with Gasteiger partial charge in [0.15, 0.2) is 0 Å². The first-order valence-corrected chi connectivity index (χ1v) is 5.50. The van der Waals surface area contributed by atoms with E-state index in [4.69, 9.17) is 9.47 Å². The lowest BCUT2D eigenvalue weighted by molar-refractivity contribution is -0.00949. The Bertz CT molecular complexity index is 229. The van der Waals surface area contributed by atoms with Crippen LogP contribution in [-0.2, 0) is 9.47 Å². The highest BCUT2D eigenvalue weighted by Crippen LogP contribution is 2.12. The highest BCUT2D eigenvalue weighted by molar-refractivity contribution is 5.69. The third-order valence-corrected chi connectivity index (χ3v) is 2.83. The number of carbonyl (C=O) groups is 1. The average Bonchev–Trinajstić information content (AvgIpc) is 2.57. The number of cyclic esters (lactones) is 1. The largest absolute Gasteiger partial charge is 0.442 e. The van der Waals surface area contributed by atoms with E-state index in [1.54, 1.807) is 11.9 Å². The lowest BCUT2D eigenvalue weighted by Gasteiger charge is -2.23. The molecule has 0 aromatic rings. The van der Waals surface area contributed by atoms with Crippen molar-refractivity contribution in [3.63, 3.8) is 0 Å². The second kappa shape index (κ2) is 4.81. The highest BCUT2D eigenvalue weighted by atomic mass is 16.6.